The molecule has 0 saturated heterocycles. The molecule has 1 aliphatic carbocycles. The zero-order valence-electron chi connectivity index (χ0n) is 16.8. The minimum absolute atomic E-state index is 0.0802. The van der Waals surface area contributed by atoms with E-state index in [9.17, 15) is 13.6 Å². The maximum absolute atomic E-state index is 12.3. The number of rotatable bonds is 6. The molecule has 0 aromatic carbocycles. The Morgan fingerprint density at radius 2 is 2.14 bits per heavy atom. The molecule has 5 atom stereocenters. The van der Waals surface area contributed by atoms with Gasteiger partial charge in [0.05, 0.1) is 30.6 Å². The van der Waals surface area contributed by atoms with Crippen LogP contribution in [0.5, 0.6) is 0 Å². The van der Waals surface area contributed by atoms with Gasteiger partial charge in [0.25, 0.3) is 0 Å². The molecule has 1 aliphatic rings. The van der Waals surface area contributed by atoms with Crippen molar-refractivity contribution in [3.05, 3.63) is 24.0 Å². The lowest BCUT2D eigenvalue weighted by Gasteiger charge is -2.41. The van der Waals surface area contributed by atoms with E-state index in [4.69, 9.17) is 15.2 Å². The van der Waals surface area contributed by atoms with Crippen LogP contribution in [0.15, 0.2) is 18.5 Å². The lowest BCUT2D eigenvalue weighted by atomic mass is 9.74. The zero-order valence-corrected chi connectivity index (χ0v) is 17.7. The van der Waals surface area contributed by atoms with Gasteiger partial charge in [0.1, 0.15) is 5.60 Å². The highest BCUT2D eigenvalue weighted by Gasteiger charge is 2.39. The fourth-order valence-corrected chi connectivity index (χ4v) is 3.92. The Labute approximate surface area is 168 Å². The number of carbonyl (C=O) groups is 1. The molecule has 1 saturated carbocycles. The summed E-state index contributed by atoms with van der Waals surface area (Å²) in [6.45, 7) is 7.52. The summed E-state index contributed by atoms with van der Waals surface area (Å²) in [5.41, 5.74) is 7.10. The summed E-state index contributed by atoms with van der Waals surface area (Å²) in [6, 6.07) is 1.58. The molecule has 0 radical (unpaired) electrons. The zero-order chi connectivity index (χ0) is 20.9. The molecule has 8 nitrogen and oxygen atoms in total. The van der Waals surface area contributed by atoms with Crippen LogP contribution in [0, 0.1) is 5.92 Å². The highest BCUT2D eigenvalue weighted by atomic mass is 32.2. The molecule has 1 amide bonds. The third-order valence-corrected chi connectivity index (χ3v) is 5.24. The van der Waals surface area contributed by atoms with E-state index >= 15 is 0 Å². The number of anilines is 1. The SMILES string of the molecule is C[C@H]1C[C@@H](c2ccncc2N)C[C@@H](NC(=O)OC(C)(C)C)[C@H]1OCCS(=O)[O-]. The van der Waals surface area contributed by atoms with E-state index in [0.717, 1.165) is 12.0 Å². The summed E-state index contributed by atoms with van der Waals surface area (Å²) in [6.07, 6.45) is 3.93. The second-order valence-electron chi connectivity index (χ2n) is 8.25. The summed E-state index contributed by atoms with van der Waals surface area (Å²) in [5, 5.41) is 2.92. The predicted octanol–water partition coefficient (Wildman–Crippen LogP) is 2.33. The second-order valence-corrected chi connectivity index (χ2v) is 9.26. The Bertz CT molecular complexity index is 694. The largest absolute Gasteiger partial charge is 0.772 e. The fourth-order valence-electron chi connectivity index (χ4n) is 3.69. The standard InChI is InChI=1S/C19H31N3O5S/c1-12-9-13(14-5-6-21-11-15(14)20)10-16(17(12)26-7-8-28(24)25)22-18(23)27-19(2,3)4/h5-6,11-13,16-17H,7-10,20H2,1-4H3,(H,22,23)(H,24,25)/p-1/t12-,13+,16+,17-/m0/s1. The number of aromatic nitrogens is 1. The molecule has 28 heavy (non-hydrogen) atoms. The molecule has 1 aromatic rings. The van der Waals surface area contributed by atoms with Gasteiger partial charge in [0, 0.05) is 11.9 Å². The summed E-state index contributed by atoms with van der Waals surface area (Å²) >= 11 is -2.17. The summed E-state index contributed by atoms with van der Waals surface area (Å²) in [7, 11) is 0. The number of amides is 1. The Balaban J connectivity index is 2.16. The fraction of sp³-hybridized carbons (Fsp3) is 0.684. The average molecular weight is 413 g/mol. The predicted molar refractivity (Wildman–Crippen MR) is 106 cm³/mol. The molecule has 158 valence electrons. The first-order valence-electron chi connectivity index (χ1n) is 9.43. The van der Waals surface area contributed by atoms with Gasteiger partial charge in [-0.15, -0.1) is 0 Å². The van der Waals surface area contributed by atoms with Crippen molar-refractivity contribution in [1.82, 2.24) is 10.3 Å². The molecule has 1 aromatic heterocycles. The van der Waals surface area contributed by atoms with Gasteiger partial charge in [-0.1, -0.05) is 18.0 Å². The number of carbonyl (C=O) groups excluding carboxylic acids is 1. The number of hydrogen-bond acceptors (Lipinski definition) is 7. The minimum Gasteiger partial charge on any atom is -0.772 e. The van der Waals surface area contributed by atoms with Crippen LogP contribution >= 0.6 is 0 Å². The maximum atomic E-state index is 12.3. The normalized spacial score (nSPS) is 26.5. The van der Waals surface area contributed by atoms with E-state index in [1.54, 1.807) is 33.2 Å². The molecule has 1 heterocycles. The minimum atomic E-state index is -2.17. The van der Waals surface area contributed by atoms with Gasteiger partial charge in [-0.05, 0) is 57.1 Å². The number of alkyl carbamates (subject to hydrolysis) is 1. The third kappa shape index (κ3) is 6.72. The van der Waals surface area contributed by atoms with Crippen LogP contribution in [0.2, 0.25) is 0 Å². The van der Waals surface area contributed by atoms with Gasteiger partial charge < -0.3 is 25.1 Å². The number of hydrogen-bond donors (Lipinski definition) is 2. The Hall–Kier alpha value is -1.71. The van der Waals surface area contributed by atoms with Gasteiger partial charge >= 0.3 is 6.09 Å². The first-order chi connectivity index (χ1) is 13.1. The Morgan fingerprint density at radius 1 is 1.43 bits per heavy atom. The average Bonchev–Trinajstić information content (AvgIpc) is 2.55. The monoisotopic (exact) mass is 412 g/mol. The van der Waals surface area contributed by atoms with E-state index in [0.29, 0.717) is 12.1 Å². The molecule has 9 heteroatoms. The van der Waals surface area contributed by atoms with Crippen LogP contribution in [0.4, 0.5) is 10.5 Å². The molecule has 3 N–H and O–H groups in total. The van der Waals surface area contributed by atoms with Crippen LogP contribution < -0.4 is 11.1 Å². The molecular weight excluding hydrogens is 382 g/mol. The van der Waals surface area contributed by atoms with Crippen LogP contribution in [0.1, 0.15) is 52.0 Å². The van der Waals surface area contributed by atoms with Gasteiger partial charge in [-0.3, -0.25) is 9.19 Å². The summed E-state index contributed by atoms with van der Waals surface area (Å²) in [4.78, 5) is 16.4. The highest BCUT2D eigenvalue weighted by Crippen LogP contribution is 2.39. The molecule has 1 fully saturated rings. The topological polar surface area (TPSA) is 127 Å². The van der Waals surface area contributed by atoms with E-state index in [-0.39, 0.29) is 36.3 Å². The Morgan fingerprint density at radius 3 is 2.75 bits per heavy atom. The van der Waals surface area contributed by atoms with E-state index in [1.807, 2.05) is 13.0 Å². The van der Waals surface area contributed by atoms with Gasteiger partial charge in [0.15, 0.2) is 0 Å². The number of ether oxygens (including phenoxy) is 2. The smallest absolute Gasteiger partial charge is 0.407 e. The molecule has 2 rings (SSSR count). The van der Waals surface area contributed by atoms with E-state index in [1.165, 1.54) is 0 Å². The van der Waals surface area contributed by atoms with Crippen LogP contribution in [0.25, 0.3) is 0 Å². The first kappa shape index (κ1) is 22.6. The molecule has 0 spiro atoms. The number of pyridine rings is 1. The molecular formula is C19H30N3O5S-. The Kier molecular flexibility index (Phi) is 7.79. The van der Waals surface area contributed by atoms with Crippen molar-refractivity contribution in [3.63, 3.8) is 0 Å². The van der Waals surface area contributed by atoms with Crippen molar-refractivity contribution < 1.29 is 23.0 Å². The van der Waals surface area contributed by atoms with Crippen molar-refractivity contribution >= 4 is 22.9 Å². The van der Waals surface area contributed by atoms with Gasteiger partial charge in [0.2, 0.25) is 0 Å². The first-order valence-corrected chi connectivity index (χ1v) is 10.7. The van der Waals surface area contributed by atoms with Crippen molar-refractivity contribution in [2.24, 2.45) is 5.92 Å². The summed E-state index contributed by atoms with van der Waals surface area (Å²) in [5.74, 6) is 0.140. The van der Waals surface area contributed by atoms with Crippen LogP contribution in [0.3, 0.4) is 0 Å². The van der Waals surface area contributed by atoms with E-state index in [2.05, 4.69) is 10.3 Å². The van der Waals surface area contributed by atoms with Gasteiger partial charge in [-0.2, -0.15) is 0 Å². The van der Waals surface area contributed by atoms with Gasteiger partial charge in [-0.25, -0.2) is 4.79 Å². The third-order valence-electron chi connectivity index (χ3n) is 4.74. The van der Waals surface area contributed by atoms with Crippen LogP contribution in [-0.4, -0.2) is 49.9 Å². The number of nitrogen functional groups attached to an aromatic ring is 1. The number of nitrogens with zero attached hydrogens (tertiary/aromatic N) is 1. The van der Waals surface area contributed by atoms with Crippen molar-refractivity contribution in [2.75, 3.05) is 18.1 Å². The molecule has 1 unspecified atom stereocenters. The van der Waals surface area contributed by atoms with Crippen LogP contribution in [-0.2, 0) is 20.6 Å². The highest BCUT2D eigenvalue weighted by molar-refractivity contribution is 7.79. The lowest BCUT2D eigenvalue weighted by Crippen LogP contribution is -2.52. The number of nitrogens with two attached hydrogens (primary N) is 1. The quantitative estimate of drug-likeness (QED) is 0.687. The molecule has 0 bridgehead atoms. The maximum Gasteiger partial charge on any atom is 0.407 e. The van der Waals surface area contributed by atoms with Crippen molar-refractivity contribution in [1.29, 1.82) is 0 Å². The lowest BCUT2D eigenvalue weighted by molar-refractivity contribution is -0.0289. The van der Waals surface area contributed by atoms with Crippen molar-refractivity contribution in [3.8, 4) is 0 Å². The van der Waals surface area contributed by atoms with E-state index < -0.39 is 22.8 Å². The number of nitrogens with one attached hydrogen (secondary N) is 1. The van der Waals surface area contributed by atoms with Crippen molar-refractivity contribution in [2.45, 2.75) is 64.2 Å². The second kappa shape index (κ2) is 9.67. The summed E-state index contributed by atoms with van der Waals surface area (Å²) < 4.78 is 32.9. The molecule has 0 aliphatic heterocycles.